The van der Waals surface area contributed by atoms with Crippen LogP contribution >= 0.6 is 0 Å². The van der Waals surface area contributed by atoms with Crippen LogP contribution in [0.15, 0.2) is 47.4 Å². The topological polar surface area (TPSA) is 75.7 Å². The van der Waals surface area contributed by atoms with E-state index in [2.05, 4.69) is 5.32 Å². The number of anilines is 1. The highest BCUT2D eigenvalue weighted by Gasteiger charge is 2.33. The van der Waals surface area contributed by atoms with Crippen LogP contribution in [0.1, 0.15) is 19.8 Å². The maximum absolute atomic E-state index is 13.9. The average Bonchev–Trinajstić information content (AvgIpc) is 2.71. The molecule has 0 unspecified atom stereocenters. The lowest BCUT2D eigenvalue weighted by Gasteiger charge is -2.30. The van der Waals surface area contributed by atoms with Crippen LogP contribution in [-0.2, 0) is 14.8 Å². The predicted octanol–water partition coefficient (Wildman–Crippen LogP) is 3.40. The Labute approximate surface area is 168 Å². The minimum absolute atomic E-state index is 0.0552. The average molecular weight is 424 g/mol. The fourth-order valence-electron chi connectivity index (χ4n) is 3.22. The minimum atomic E-state index is -4.16. The van der Waals surface area contributed by atoms with Gasteiger partial charge in [-0.3, -0.25) is 4.79 Å². The number of amides is 1. The number of sulfonamides is 1. The van der Waals surface area contributed by atoms with Crippen LogP contribution in [-0.4, -0.2) is 38.3 Å². The highest BCUT2D eigenvalue weighted by atomic mass is 32.2. The van der Waals surface area contributed by atoms with Crippen LogP contribution < -0.4 is 10.1 Å². The number of nitrogens with one attached hydrogen (secondary N) is 1. The zero-order valence-electron chi connectivity index (χ0n) is 15.9. The third kappa shape index (κ3) is 4.91. The van der Waals surface area contributed by atoms with Gasteiger partial charge in [-0.2, -0.15) is 4.31 Å². The van der Waals surface area contributed by atoms with Gasteiger partial charge in [-0.25, -0.2) is 17.2 Å². The molecule has 0 saturated carbocycles. The molecule has 1 fully saturated rings. The predicted molar refractivity (Wildman–Crippen MR) is 104 cm³/mol. The number of piperidine rings is 1. The zero-order chi connectivity index (χ0) is 21.0. The second kappa shape index (κ2) is 8.87. The summed E-state index contributed by atoms with van der Waals surface area (Å²) in [6, 6.07) is 9.30. The molecular formula is C20H22F2N2O4S. The van der Waals surface area contributed by atoms with E-state index < -0.39 is 26.6 Å². The lowest BCUT2D eigenvalue weighted by Crippen LogP contribution is -2.41. The first-order valence-corrected chi connectivity index (χ1v) is 10.7. The summed E-state index contributed by atoms with van der Waals surface area (Å²) >= 11 is 0. The molecule has 1 saturated heterocycles. The van der Waals surface area contributed by atoms with E-state index in [0.717, 1.165) is 16.4 Å². The molecule has 0 bridgehead atoms. The monoisotopic (exact) mass is 424 g/mol. The Bertz CT molecular complexity index is 972. The van der Waals surface area contributed by atoms with Crippen LogP contribution in [0, 0.1) is 17.6 Å². The van der Waals surface area contributed by atoms with Crippen LogP contribution in [0.2, 0.25) is 0 Å². The van der Waals surface area contributed by atoms with E-state index in [9.17, 15) is 22.0 Å². The summed E-state index contributed by atoms with van der Waals surface area (Å²) in [7, 11) is -4.16. The first-order chi connectivity index (χ1) is 13.8. The first kappa shape index (κ1) is 21.2. The summed E-state index contributed by atoms with van der Waals surface area (Å²) in [5.41, 5.74) is 0.621. The van der Waals surface area contributed by atoms with Gasteiger partial charge in [0.1, 0.15) is 22.3 Å². The number of rotatable bonds is 6. The number of hydrogen-bond donors (Lipinski definition) is 1. The van der Waals surface area contributed by atoms with Crippen molar-refractivity contribution in [3.8, 4) is 5.75 Å². The first-order valence-electron chi connectivity index (χ1n) is 9.30. The van der Waals surface area contributed by atoms with Crippen molar-refractivity contribution >= 4 is 21.6 Å². The van der Waals surface area contributed by atoms with Gasteiger partial charge in [0.15, 0.2) is 0 Å². The highest BCUT2D eigenvalue weighted by Crippen LogP contribution is 2.27. The number of carbonyl (C=O) groups excluding carboxylic acids is 1. The second-order valence-corrected chi connectivity index (χ2v) is 8.61. The smallest absolute Gasteiger partial charge is 0.246 e. The van der Waals surface area contributed by atoms with Crippen molar-refractivity contribution in [3.05, 3.63) is 54.1 Å². The lowest BCUT2D eigenvalue weighted by molar-refractivity contribution is -0.120. The van der Waals surface area contributed by atoms with Crippen molar-refractivity contribution in [1.82, 2.24) is 4.31 Å². The number of hydrogen-bond acceptors (Lipinski definition) is 4. The van der Waals surface area contributed by atoms with Gasteiger partial charge in [-0.1, -0.05) is 0 Å². The lowest BCUT2D eigenvalue weighted by atomic mass is 9.97. The number of nitrogens with zero attached hydrogens (tertiary/aromatic N) is 1. The van der Waals surface area contributed by atoms with Crippen LogP contribution in [0.3, 0.4) is 0 Å². The molecule has 2 aromatic rings. The summed E-state index contributed by atoms with van der Waals surface area (Å²) in [5, 5.41) is 2.81. The van der Waals surface area contributed by atoms with Crippen molar-refractivity contribution in [2.45, 2.75) is 24.7 Å². The maximum Gasteiger partial charge on any atom is 0.246 e. The largest absolute Gasteiger partial charge is 0.494 e. The van der Waals surface area contributed by atoms with Crippen molar-refractivity contribution in [2.24, 2.45) is 5.92 Å². The van der Waals surface area contributed by atoms with Crippen molar-refractivity contribution in [3.63, 3.8) is 0 Å². The van der Waals surface area contributed by atoms with Crippen molar-refractivity contribution < 1.29 is 26.7 Å². The van der Waals surface area contributed by atoms with Gasteiger partial charge in [0.2, 0.25) is 15.9 Å². The Morgan fingerprint density at radius 2 is 1.79 bits per heavy atom. The Hall–Kier alpha value is -2.52. The summed E-state index contributed by atoms with van der Waals surface area (Å²) in [4.78, 5) is 11.8. The third-order valence-electron chi connectivity index (χ3n) is 4.77. The fourth-order valence-corrected chi connectivity index (χ4v) is 4.76. The fraction of sp³-hybridized carbons (Fsp3) is 0.350. The molecule has 1 N–H and O–H groups in total. The molecule has 9 heteroatoms. The molecule has 156 valence electrons. The molecule has 1 aliphatic heterocycles. The molecule has 29 heavy (non-hydrogen) atoms. The molecule has 1 heterocycles. The van der Waals surface area contributed by atoms with Gasteiger partial charge in [0.05, 0.1) is 6.61 Å². The van der Waals surface area contributed by atoms with E-state index in [4.69, 9.17) is 4.74 Å². The molecule has 2 aromatic carbocycles. The number of ether oxygens (including phenoxy) is 1. The zero-order valence-corrected chi connectivity index (χ0v) is 16.7. The molecule has 0 spiro atoms. The molecule has 6 nitrogen and oxygen atoms in total. The Kier molecular flexibility index (Phi) is 6.49. The molecule has 1 aliphatic rings. The van der Waals surface area contributed by atoms with Gasteiger partial charge in [0, 0.05) is 24.7 Å². The molecular weight excluding hydrogens is 402 g/mol. The van der Waals surface area contributed by atoms with Gasteiger partial charge in [0.25, 0.3) is 0 Å². The van der Waals surface area contributed by atoms with Crippen molar-refractivity contribution in [1.29, 1.82) is 0 Å². The van der Waals surface area contributed by atoms with Crippen LogP contribution in [0.5, 0.6) is 5.75 Å². The summed E-state index contributed by atoms with van der Waals surface area (Å²) in [6.07, 6.45) is 0.581. The second-order valence-electron chi connectivity index (χ2n) is 6.70. The SMILES string of the molecule is CCOc1ccc(NC(=O)C2CCN(S(=O)(=O)c3cc(F)ccc3F)CC2)cc1. The van der Waals surface area contributed by atoms with Crippen molar-refractivity contribution in [2.75, 3.05) is 25.0 Å². The summed E-state index contributed by atoms with van der Waals surface area (Å²) in [5.74, 6) is -1.70. The molecule has 1 amide bonds. The standard InChI is InChI=1S/C20H22F2N2O4S/c1-2-28-17-6-4-16(5-7-17)23-20(25)14-9-11-24(12-10-14)29(26,27)19-13-15(21)3-8-18(19)22/h3-8,13-14H,2,9-12H2,1H3,(H,23,25). The molecule has 3 rings (SSSR count). The number of benzene rings is 2. The van der Waals surface area contributed by atoms with E-state index in [-0.39, 0.29) is 24.9 Å². The van der Waals surface area contributed by atoms with Gasteiger partial charge in [-0.15, -0.1) is 0 Å². The Balaban J connectivity index is 1.61. The summed E-state index contributed by atoms with van der Waals surface area (Å²) < 4.78 is 59.0. The van der Waals surface area contributed by atoms with E-state index in [0.29, 0.717) is 37.0 Å². The van der Waals surface area contributed by atoms with Gasteiger partial charge >= 0.3 is 0 Å². The minimum Gasteiger partial charge on any atom is -0.494 e. The molecule has 0 atom stereocenters. The summed E-state index contributed by atoms with van der Waals surface area (Å²) in [6.45, 7) is 2.54. The van der Waals surface area contributed by atoms with E-state index in [1.54, 1.807) is 24.3 Å². The third-order valence-corrected chi connectivity index (χ3v) is 6.68. The molecule has 0 radical (unpaired) electrons. The van der Waals surface area contributed by atoms with Crippen LogP contribution in [0.4, 0.5) is 14.5 Å². The van der Waals surface area contributed by atoms with Gasteiger partial charge < -0.3 is 10.1 Å². The normalized spacial score (nSPS) is 15.8. The maximum atomic E-state index is 13.9. The van der Waals surface area contributed by atoms with Gasteiger partial charge in [-0.05, 0) is 62.2 Å². The van der Waals surface area contributed by atoms with E-state index in [1.807, 2.05) is 6.92 Å². The Morgan fingerprint density at radius 1 is 1.14 bits per heavy atom. The molecule has 0 aliphatic carbocycles. The number of halogens is 2. The molecule has 0 aromatic heterocycles. The number of carbonyl (C=O) groups is 1. The van der Waals surface area contributed by atoms with Crippen LogP contribution in [0.25, 0.3) is 0 Å². The van der Waals surface area contributed by atoms with E-state index >= 15 is 0 Å². The Morgan fingerprint density at radius 3 is 2.41 bits per heavy atom. The highest BCUT2D eigenvalue weighted by molar-refractivity contribution is 7.89. The van der Waals surface area contributed by atoms with E-state index in [1.165, 1.54) is 0 Å². The quantitative estimate of drug-likeness (QED) is 0.771.